The van der Waals surface area contributed by atoms with Gasteiger partial charge in [0.2, 0.25) is 14.7 Å². The summed E-state index contributed by atoms with van der Waals surface area (Å²) in [6, 6.07) is 14.3. The van der Waals surface area contributed by atoms with Crippen LogP contribution < -0.4 is 10.2 Å². The molecule has 29 heavy (non-hydrogen) atoms. The number of carbonyl (C=O) groups excluding carboxylic acids is 1. The van der Waals surface area contributed by atoms with Gasteiger partial charge < -0.3 is 14.9 Å². The number of ether oxygens (including phenoxy) is 1. The second kappa shape index (κ2) is 8.13. The number of benzene rings is 2. The second-order valence-electron chi connectivity index (χ2n) is 6.76. The van der Waals surface area contributed by atoms with Gasteiger partial charge in [-0.2, -0.15) is 0 Å². The minimum Gasteiger partial charge on any atom is -0.457 e. The molecule has 1 heterocycles. The third kappa shape index (κ3) is 3.75. The number of rotatable bonds is 6. The molecule has 3 rings (SSSR count). The van der Waals surface area contributed by atoms with Crippen molar-refractivity contribution in [2.45, 2.75) is 29.1 Å². The predicted molar refractivity (Wildman–Crippen MR) is 104 cm³/mol. The Morgan fingerprint density at radius 2 is 1.76 bits per heavy atom. The van der Waals surface area contributed by atoms with Gasteiger partial charge in [-0.25, -0.2) is 13.9 Å². The molecule has 1 saturated heterocycles. The molecule has 0 aromatic heterocycles. The van der Waals surface area contributed by atoms with Crippen molar-refractivity contribution in [3.63, 3.8) is 0 Å². The zero-order valence-electron chi connectivity index (χ0n) is 15.6. The smallest absolute Gasteiger partial charge is 0.378 e. The van der Waals surface area contributed by atoms with E-state index in [9.17, 15) is 28.6 Å². The van der Waals surface area contributed by atoms with Crippen molar-refractivity contribution in [3.8, 4) is 11.5 Å². The van der Waals surface area contributed by atoms with Crippen LogP contribution in [0.3, 0.4) is 0 Å². The molecule has 1 aliphatic rings. The molecule has 154 valence electrons. The molecule has 11 heteroatoms. The Morgan fingerprint density at radius 3 is 2.31 bits per heavy atom. The molecule has 2 aromatic carbocycles. The zero-order chi connectivity index (χ0) is 21.2. The first-order valence-corrected chi connectivity index (χ1v) is 10.4. The van der Waals surface area contributed by atoms with E-state index in [1.807, 2.05) is 6.07 Å². The first-order valence-electron chi connectivity index (χ1n) is 8.87. The van der Waals surface area contributed by atoms with Crippen LogP contribution in [0.4, 0.5) is 0 Å². The average Bonchev–Trinajstić information content (AvgIpc) is 3.08. The van der Waals surface area contributed by atoms with E-state index >= 15 is 0 Å². The molecule has 0 bridgehead atoms. The number of hydrogen-bond acceptors (Lipinski definition) is 8. The van der Waals surface area contributed by atoms with Crippen molar-refractivity contribution >= 4 is 22.8 Å². The van der Waals surface area contributed by atoms with Crippen LogP contribution in [0.2, 0.25) is 6.82 Å². The van der Waals surface area contributed by atoms with Crippen LogP contribution in [0, 0.1) is 0 Å². The molecule has 1 fully saturated rings. The van der Waals surface area contributed by atoms with Gasteiger partial charge in [0.1, 0.15) is 11.5 Å². The van der Waals surface area contributed by atoms with Gasteiger partial charge in [-0.3, -0.25) is 14.8 Å². The summed E-state index contributed by atoms with van der Waals surface area (Å²) in [7, 11) is -5.81. The Kier molecular flexibility index (Phi) is 5.96. The molecule has 0 radical (unpaired) electrons. The first kappa shape index (κ1) is 21.3. The Balaban J connectivity index is 2.00. The lowest BCUT2D eigenvalue weighted by molar-refractivity contribution is -0.134. The van der Waals surface area contributed by atoms with E-state index in [4.69, 9.17) is 4.74 Å². The van der Waals surface area contributed by atoms with Crippen molar-refractivity contribution in [2.24, 2.45) is 0 Å². The van der Waals surface area contributed by atoms with E-state index in [1.165, 1.54) is 36.6 Å². The highest BCUT2D eigenvalue weighted by molar-refractivity contribution is 7.93. The van der Waals surface area contributed by atoms with E-state index < -0.39 is 40.2 Å². The molecule has 0 spiro atoms. The van der Waals surface area contributed by atoms with Gasteiger partial charge in [0.15, 0.2) is 0 Å². The van der Waals surface area contributed by atoms with Crippen molar-refractivity contribution < 1.29 is 33.3 Å². The van der Waals surface area contributed by atoms with Gasteiger partial charge in [0, 0.05) is 13.0 Å². The Morgan fingerprint density at radius 1 is 1.17 bits per heavy atom. The van der Waals surface area contributed by atoms with Crippen LogP contribution in [-0.2, 0) is 14.6 Å². The number of amides is 1. The van der Waals surface area contributed by atoms with E-state index in [1.54, 1.807) is 24.3 Å². The van der Waals surface area contributed by atoms with Crippen LogP contribution in [0.15, 0.2) is 59.5 Å². The van der Waals surface area contributed by atoms with Gasteiger partial charge in [0.25, 0.3) is 5.91 Å². The van der Waals surface area contributed by atoms with E-state index in [0.29, 0.717) is 11.5 Å². The monoisotopic (exact) mass is 420 g/mol. The number of hydroxylamine groups is 1. The fraction of sp³-hybridized carbons (Fsp3) is 0.278. The lowest BCUT2D eigenvalue weighted by Gasteiger charge is -2.36. The maximum absolute atomic E-state index is 13.4. The number of para-hydroxylation sites is 1. The topological polar surface area (TPSA) is 136 Å². The zero-order valence-corrected chi connectivity index (χ0v) is 16.4. The highest BCUT2D eigenvalue weighted by atomic mass is 32.2. The molecule has 4 N–H and O–H groups in total. The fourth-order valence-electron chi connectivity index (χ4n) is 3.53. The minimum absolute atomic E-state index is 0.221. The highest BCUT2D eigenvalue weighted by Crippen LogP contribution is 2.40. The predicted octanol–water partition coefficient (Wildman–Crippen LogP) is 0.631. The van der Waals surface area contributed by atoms with E-state index in [2.05, 4.69) is 0 Å². The summed E-state index contributed by atoms with van der Waals surface area (Å²) in [5.74, 6) is -0.298. The fourth-order valence-corrected chi connectivity index (χ4v) is 5.65. The number of nitrogens with zero attached hydrogens (tertiary/aromatic N) is 1. The molecule has 1 aliphatic heterocycles. The summed E-state index contributed by atoms with van der Waals surface area (Å²) in [6.45, 7) is 1.03. The molecule has 1 amide bonds. The molecular weight excluding hydrogens is 399 g/mol. The molecule has 2 unspecified atom stereocenters. The lowest BCUT2D eigenvalue weighted by Crippen LogP contribution is -2.63. The lowest BCUT2D eigenvalue weighted by atomic mass is 9.84. The average molecular weight is 420 g/mol. The molecule has 0 aliphatic carbocycles. The van der Waals surface area contributed by atoms with Crippen LogP contribution in [0.25, 0.3) is 0 Å². The third-order valence-electron chi connectivity index (χ3n) is 4.85. The number of carbonyl (C=O) groups is 1. The Bertz CT molecular complexity index is 969. The molecular formula is C18H21BN2O7S. The van der Waals surface area contributed by atoms with Crippen LogP contribution in [0.5, 0.6) is 11.5 Å². The summed E-state index contributed by atoms with van der Waals surface area (Å²) >= 11 is 0. The summed E-state index contributed by atoms with van der Waals surface area (Å²) in [6.07, 6.45) is -1.69. The Hall–Kier alpha value is -2.44. The number of aliphatic hydroxyl groups is 1. The van der Waals surface area contributed by atoms with E-state index in [-0.39, 0.29) is 11.4 Å². The highest BCUT2D eigenvalue weighted by Gasteiger charge is 2.62. The van der Waals surface area contributed by atoms with Gasteiger partial charge in [0.05, 0.1) is 11.0 Å². The van der Waals surface area contributed by atoms with Gasteiger partial charge >= 0.3 is 7.05 Å². The van der Waals surface area contributed by atoms with Crippen molar-refractivity contribution in [1.29, 1.82) is 0 Å². The summed E-state index contributed by atoms with van der Waals surface area (Å²) in [4.78, 5) is 10.9. The third-order valence-corrected chi connectivity index (χ3v) is 7.22. The minimum atomic E-state index is -4.45. The summed E-state index contributed by atoms with van der Waals surface area (Å²) < 4.78 is 32.5. The number of sulfone groups is 1. The van der Waals surface area contributed by atoms with Crippen molar-refractivity contribution in [3.05, 3.63) is 54.6 Å². The normalized spacial score (nSPS) is 22.3. The standard InChI is InChI=1S/C18H21BN2O7S/c1-19(24)21-12-13(22)11-18(21,17(23)20-25)29(26,27)16-9-7-15(8-10-16)28-14-5-3-2-4-6-14/h2-10,13,22,24-25H,11-12H2,1H3,(H,20,23). The first-order chi connectivity index (χ1) is 13.7. The number of β-amino-alcohol motifs (C(OH)–C–C–N with tert-alkyl or cyclic N) is 1. The van der Waals surface area contributed by atoms with Crippen LogP contribution in [-0.4, -0.2) is 59.0 Å². The van der Waals surface area contributed by atoms with Crippen LogP contribution >= 0.6 is 0 Å². The maximum atomic E-state index is 13.4. The molecule has 2 atom stereocenters. The van der Waals surface area contributed by atoms with Gasteiger partial charge in [-0.15, -0.1) is 0 Å². The number of nitrogens with one attached hydrogen (secondary N) is 1. The molecule has 9 nitrogen and oxygen atoms in total. The van der Waals surface area contributed by atoms with E-state index in [0.717, 1.165) is 4.81 Å². The second-order valence-corrected chi connectivity index (χ2v) is 8.91. The largest absolute Gasteiger partial charge is 0.457 e. The Labute approximate surface area is 168 Å². The van der Waals surface area contributed by atoms with Crippen molar-refractivity contribution in [2.75, 3.05) is 6.54 Å². The number of hydrogen-bond donors (Lipinski definition) is 4. The summed E-state index contributed by atoms with van der Waals surface area (Å²) in [5, 5.41) is 29.3. The molecule has 0 saturated carbocycles. The van der Waals surface area contributed by atoms with Crippen molar-refractivity contribution in [1.82, 2.24) is 10.3 Å². The summed E-state index contributed by atoms with van der Waals surface area (Å²) in [5.41, 5.74) is 1.37. The maximum Gasteiger partial charge on any atom is 0.378 e. The number of aliphatic hydroxyl groups excluding tert-OH is 1. The van der Waals surface area contributed by atoms with Gasteiger partial charge in [-0.1, -0.05) is 18.2 Å². The van der Waals surface area contributed by atoms with Crippen LogP contribution in [0.1, 0.15) is 6.42 Å². The van der Waals surface area contributed by atoms with Gasteiger partial charge in [-0.05, 0) is 43.2 Å². The quantitative estimate of drug-likeness (QED) is 0.304. The SMILES string of the molecule is CB(O)N1CC(O)CC1(C(=O)NO)S(=O)(=O)c1ccc(Oc2ccccc2)cc1. The molecule has 2 aromatic rings.